The van der Waals surface area contributed by atoms with Crippen LogP contribution in [0.4, 0.5) is 5.82 Å². The van der Waals surface area contributed by atoms with Crippen LogP contribution in [0.25, 0.3) is 0 Å². The van der Waals surface area contributed by atoms with Crippen molar-refractivity contribution in [2.24, 2.45) is 0 Å². The van der Waals surface area contributed by atoms with Crippen LogP contribution in [0.1, 0.15) is 11.6 Å². The molecule has 5 heteroatoms. The van der Waals surface area contributed by atoms with Crippen LogP contribution in [0.2, 0.25) is 0 Å². The van der Waals surface area contributed by atoms with Gasteiger partial charge < -0.3 is 10.1 Å². The fourth-order valence-electron chi connectivity index (χ4n) is 1.87. The number of anilines is 1. The quantitative estimate of drug-likeness (QED) is 0.855. The largest absolute Gasteiger partial charge is 0.491 e. The molecule has 2 aromatic rings. The number of halogens is 1. The third kappa shape index (κ3) is 2.06. The monoisotopic (exact) mass is 339 g/mol. The summed E-state index contributed by atoms with van der Waals surface area (Å²) in [6, 6.07) is 8.23. The summed E-state index contributed by atoms with van der Waals surface area (Å²) in [4.78, 5) is 8.20. The third-order valence-corrected chi connectivity index (χ3v) is 3.47. The molecule has 4 nitrogen and oxygen atoms in total. The summed E-state index contributed by atoms with van der Waals surface area (Å²) < 4.78 is 6.62. The van der Waals surface area contributed by atoms with Crippen LogP contribution in [0, 0.1) is 3.57 Å². The molecule has 0 aliphatic carbocycles. The number of nitrogens with zero attached hydrogens (tertiary/aromatic N) is 2. The van der Waals surface area contributed by atoms with Crippen LogP contribution in [0.3, 0.4) is 0 Å². The molecule has 1 atom stereocenters. The number of aromatic nitrogens is 2. The molecule has 0 amide bonds. The van der Waals surface area contributed by atoms with Crippen molar-refractivity contribution in [1.29, 1.82) is 0 Å². The normalized spacial score (nSPS) is 17.4. The molecule has 3 rings (SSSR count). The maximum absolute atomic E-state index is 5.61. The Morgan fingerprint density at radius 3 is 3.12 bits per heavy atom. The van der Waals surface area contributed by atoms with Crippen molar-refractivity contribution >= 4 is 28.4 Å². The van der Waals surface area contributed by atoms with Crippen molar-refractivity contribution in [2.75, 3.05) is 11.9 Å². The SMILES string of the molecule is Ic1cncnc1NC1COc2ccccc21. The second kappa shape index (κ2) is 4.48. The zero-order chi connectivity index (χ0) is 11.7. The molecule has 1 N–H and O–H groups in total. The van der Waals surface area contributed by atoms with Gasteiger partial charge >= 0.3 is 0 Å². The summed E-state index contributed by atoms with van der Waals surface area (Å²) in [7, 11) is 0. The van der Waals surface area contributed by atoms with E-state index < -0.39 is 0 Å². The third-order valence-electron chi connectivity index (χ3n) is 2.68. The van der Waals surface area contributed by atoms with Gasteiger partial charge in [0.05, 0.1) is 9.61 Å². The van der Waals surface area contributed by atoms with E-state index in [9.17, 15) is 0 Å². The zero-order valence-electron chi connectivity index (χ0n) is 8.93. The number of benzene rings is 1. The first-order chi connectivity index (χ1) is 8.34. The maximum atomic E-state index is 5.61. The number of hydrogen-bond donors (Lipinski definition) is 1. The molecular weight excluding hydrogens is 329 g/mol. The Morgan fingerprint density at radius 1 is 1.35 bits per heavy atom. The second-order valence-corrected chi connectivity index (χ2v) is 4.93. The second-order valence-electron chi connectivity index (χ2n) is 3.77. The molecule has 0 fully saturated rings. The lowest BCUT2D eigenvalue weighted by molar-refractivity contribution is 0.339. The van der Waals surface area contributed by atoms with Crippen molar-refractivity contribution in [1.82, 2.24) is 9.97 Å². The standard InChI is InChI=1S/C12H10IN3O/c13-9-5-14-7-15-12(9)16-10-6-17-11-4-2-1-3-8(10)11/h1-5,7,10H,6H2,(H,14,15,16). The Kier molecular flexibility index (Phi) is 2.84. The van der Waals surface area contributed by atoms with Gasteiger partial charge in [0.2, 0.25) is 0 Å². The Hall–Kier alpha value is -1.37. The molecule has 17 heavy (non-hydrogen) atoms. The lowest BCUT2D eigenvalue weighted by Gasteiger charge is -2.12. The Morgan fingerprint density at radius 2 is 2.24 bits per heavy atom. The lowest BCUT2D eigenvalue weighted by atomic mass is 10.1. The molecule has 0 saturated carbocycles. The smallest absolute Gasteiger partial charge is 0.143 e. The highest BCUT2D eigenvalue weighted by atomic mass is 127. The van der Waals surface area contributed by atoms with Gasteiger partial charge in [0, 0.05) is 11.8 Å². The molecule has 1 unspecified atom stereocenters. The first-order valence-corrected chi connectivity index (χ1v) is 6.36. The van der Waals surface area contributed by atoms with Crippen LogP contribution in [-0.4, -0.2) is 16.6 Å². The summed E-state index contributed by atoms with van der Waals surface area (Å²) in [6.45, 7) is 0.638. The van der Waals surface area contributed by atoms with E-state index in [2.05, 4.69) is 43.9 Å². The van der Waals surface area contributed by atoms with Crippen LogP contribution >= 0.6 is 22.6 Å². The molecule has 1 aromatic carbocycles. The van der Waals surface area contributed by atoms with E-state index in [-0.39, 0.29) is 6.04 Å². The molecule has 86 valence electrons. The predicted octanol–water partition coefficient (Wildman–Crippen LogP) is 2.63. The van der Waals surface area contributed by atoms with Crippen molar-refractivity contribution in [3.05, 3.63) is 45.9 Å². The number of ether oxygens (including phenoxy) is 1. The Balaban J connectivity index is 1.87. The minimum atomic E-state index is 0.162. The van der Waals surface area contributed by atoms with Crippen molar-refractivity contribution in [2.45, 2.75) is 6.04 Å². The highest BCUT2D eigenvalue weighted by molar-refractivity contribution is 14.1. The summed E-state index contributed by atoms with van der Waals surface area (Å²) in [5.74, 6) is 1.81. The topological polar surface area (TPSA) is 47.0 Å². The number of fused-ring (bicyclic) bond motifs is 1. The number of nitrogens with one attached hydrogen (secondary N) is 1. The van der Waals surface area contributed by atoms with E-state index in [0.29, 0.717) is 6.61 Å². The van der Waals surface area contributed by atoms with E-state index in [1.807, 2.05) is 18.2 Å². The first kappa shape index (κ1) is 10.8. The van der Waals surface area contributed by atoms with Gasteiger partial charge in [-0.2, -0.15) is 0 Å². The van der Waals surface area contributed by atoms with E-state index >= 15 is 0 Å². The van der Waals surface area contributed by atoms with E-state index in [1.165, 1.54) is 5.56 Å². The van der Waals surface area contributed by atoms with Crippen LogP contribution < -0.4 is 10.1 Å². The van der Waals surface area contributed by atoms with Gasteiger partial charge in [-0.05, 0) is 28.7 Å². The zero-order valence-corrected chi connectivity index (χ0v) is 11.1. The van der Waals surface area contributed by atoms with Crippen molar-refractivity contribution < 1.29 is 4.74 Å². The van der Waals surface area contributed by atoms with Gasteiger partial charge in [-0.25, -0.2) is 9.97 Å². The number of rotatable bonds is 2. The van der Waals surface area contributed by atoms with Crippen LogP contribution in [0.15, 0.2) is 36.8 Å². The van der Waals surface area contributed by atoms with Crippen molar-refractivity contribution in [3.8, 4) is 5.75 Å². The summed E-state index contributed by atoms with van der Waals surface area (Å²) >= 11 is 2.22. The maximum Gasteiger partial charge on any atom is 0.143 e. The minimum Gasteiger partial charge on any atom is -0.491 e. The lowest BCUT2D eigenvalue weighted by Crippen LogP contribution is -2.13. The average Bonchev–Trinajstić information content (AvgIpc) is 2.76. The van der Waals surface area contributed by atoms with Gasteiger partial charge in [-0.1, -0.05) is 18.2 Å². The molecule has 0 saturated heterocycles. The fourth-order valence-corrected chi connectivity index (χ4v) is 2.32. The Labute approximate surface area is 113 Å². The van der Waals surface area contributed by atoms with Gasteiger partial charge in [0.1, 0.15) is 24.5 Å². The molecule has 1 aliphatic rings. The van der Waals surface area contributed by atoms with Gasteiger partial charge in [0.15, 0.2) is 0 Å². The van der Waals surface area contributed by atoms with E-state index in [0.717, 1.165) is 15.1 Å². The fraction of sp³-hybridized carbons (Fsp3) is 0.167. The average molecular weight is 339 g/mol. The van der Waals surface area contributed by atoms with Crippen molar-refractivity contribution in [3.63, 3.8) is 0 Å². The summed E-state index contributed by atoms with van der Waals surface area (Å²) in [5, 5.41) is 3.38. The summed E-state index contributed by atoms with van der Waals surface area (Å²) in [5.41, 5.74) is 1.18. The molecule has 2 heterocycles. The number of hydrogen-bond acceptors (Lipinski definition) is 4. The van der Waals surface area contributed by atoms with Crippen LogP contribution in [0.5, 0.6) is 5.75 Å². The number of para-hydroxylation sites is 1. The van der Waals surface area contributed by atoms with E-state index in [1.54, 1.807) is 12.5 Å². The molecular formula is C12H10IN3O. The van der Waals surface area contributed by atoms with Gasteiger partial charge in [-0.3, -0.25) is 0 Å². The van der Waals surface area contributed by atoms with Crippen LogP contribution in [-0.2, 0) is 0 Å². The first-order valence-electron chi connectivity index (χ1n) is 5.28. The highest BCUT2D eigenvalue weighted by Crippen LogP contribution is 2.34. The predicted molar refractivity (Wildman–Crippen MR) is 73.0 cm³/mol. The molecule has 0 spiro atoms. The highest BCUT2D eigenvalue weighted by Gasteiger charge is 2.24. The molecule has 0 bridgehead atoms. The van der Waals surface area contributed by atoms with Gasteiger partial charge in [-0.15, -0.1) is 0 Å². The van der Waals surface area contributed by atoms with Gasteiger partial charge in [0.25, 0.3) is 0 Å². The Bertz CT molecular complexity index is 547. The molecule has 0 radical (unpaired) electrons. The summed E-state index contributed by atoms with van der Waals surface area (Å²) in [6.07, 6.45) is 3.34. The molecule has 1 aromatic heterocycles. The minimum absolute atomic E-state index is 0.162. The molecule has 1 aliphatic heterocycles. The van der Waals surface area contributed by atoms with E-state index in [4.69, 9.17) is 4.74 Å².